The Morgan fingerprint density at radius 2 is 1.87 bits per heavy atom. The van der Waals surface area contributed by atoms with Gasteiger partial charge >= 0.3 is 23.5 Å². The van der Waals surface area contributed by atoms with Gasteiger partial charge in [0.2, 0.25) is 0 Å². The van der Waals surface area contributed by atoms with Crippen molar-refractivity contribution in [2.24, 2.45) is 0 Å². The van der Waals surface area contributed by atoms with Crippen LogP contribution in [0.4, 0.5) is 5.82 Å². The normalized spacial score (nSPS) is 25.9. The summed E-state index contributed by atoms with van der Waals surface area (Å²) in [5.74, 6) is 0.464. The Kier molecular flexibility index (Phi) is 6.99. The third-order valence-electron chi connectivity index (χ3n) is 3.93. The molecule has 6 N–H and O–H groups in total. The van der Waals surface area contributed by atoms with Crippen molar-refractivity contribution in [2.45, 2.75) is 24.9 Å². The zero-order valence-electron chi connectivity index (χ0n) is 15.5. The summed E-state index contributed by atoms with van der Waals surface area (Å²) < 4.78 is 52.6. The number of phosphoric acid groups is 3. The van der Waals surface area contributed by atoms with E-state index in [9.17, 15) is 23.7 Å². The minimum atomic E-state index is -5.64. The summed E-state index contributed by atoms with van der Waals surface area (Å²) in [7, 11) is -14.8. The van der Waals surface area contributed by atoms with E-state index in [0.717, 1.165) is 0 Å². The van der Waals surface area contributed by atoms with Crippen LogP contribution in [0, 0.1) is 0 Å². The lowest BCUT2D eigenvalue weighted by Gasteiger charge is -2.19. The molecule has 0 bridgehead atoms. The van der Waals surface area contributed by atoms with E-state index in [4.69, 9.17) is 19.4 Å². The van der Waals surface area contributed by atoms with Crippen LogP contribution >= 0.6 is 23.5 Å². The molecule has 5 atom stereocenters. The maximum absolute atomic E-state index is 11.8. The topological polar surface area (TPSA) is 245 Å². The van der Waals surface area contributed by atoms with Gasteiger partial charge in [-0.05, 0) is 0 Å². The van der Waals surface area contributed by atoms with Crippen LogP contribution in [0.5, 0.6) is 0 Å². The average Bonchev–Trinajstić information content (AvgIpc) is 3.19. The molecule has 17 nitrogen and oxygen atoms in total. The van der Waals surface area contributed by atoms with Crippen LogP contribution in [0.3, 0.4) is 0 Å². The van der Waals surface area contributed by atoms with Gasteiger partial charge in [-0.15, -0.1) is 0 Å². The molecule has 0 spiro atoms. The molecule has 1 fully saturated rings. The number of hydrogen-bond donors (Lipinski definition) is 6. The second-order valence-electron chi connectivity index (χ2n) is 6.12. The second-order valence-corrected chi connectivity index (χ2v) is 10.5. The molecule has 1 aliphatic rings. The van der Waals surface area contributed by atoms with Crippen molar-refractivity contribution in [1.29, 1.82) is 0 Å². The number of fused-ring (bicyclic) bond motifs is 1. The molecule has 3 unspecified atom stereocenters. The summed E-state index contributed by atoms with van der Waals surface area (Å²) in [5.41, 5.74) is 0.838. The molecule has 1 saturated heterocycles. The van der Waals surface area contributed by atoms with E-state index < -0.39 is 48.5 Å². The zero-order chi connectivity index (χ0) is 23.0. The number of aliphatic hydroxyl groups is 1. The number of nitrogens with one attached hydrogen (secondary N) is 1. The minimum absolute atomic E-state index is 0.0226. The van der Waals surface area contributed by atoms with Gasteiger partial charge in [0.15, 0.2) is 11.5 Å². The summed E-state index contributed by atoms with van der Waals surface area (Å²) in [6, 6.07) is 0. The number of aromatic nitrogens is 4. The first-order chi connectivity index (χ1) is 14.3. The van der Waals surface area contributed by atoms with Crippen molar-refractivity contribution >= 4 is 40.4 Å². The predicted octanol–water partition coefficient (Wildman–Crippen LogP) is -0.140. The maximum Gasteiger partial charge on any atom is 0.490 e. The van der Waals surface area contributed by atoms with E-state index in [0.29, 0.717) is 17.0 Å². The molecule has 3 heterocycles. The highest BCUT2D eigenvalue weighted by Crippen LogP contribution is 2.66. The fourth-order valence-corrected chi connectivity index (χ4v) is 5.78. The van der Waals surface area contributed by atoms with Crippen LogP contribution in [0.15, 0.2) is 12.7 Å². The number of hydrogen-bond acceptors (Lipinski definition) is 12. The summed E-state index contributed by atoms with van der Waals surface area (Å²) in [5, 5.41) is 13.0. The number of imidazole rings is 1. The van der Waals surface area contributed by atoms with E-state index in [-0.39, 0.29) is 6.42 Å². The predicted molar refractivity (Wildman–Crippen MR) is 99.2 cm³/mol. The van der Waals surface area contributed by atoms with Crippen LogP contribution in [0.2, 0.25) is 0 Å². The van der Waals surface area contributed by atoms with Crippen LogP contribution < -0.4 is 5.32 Å². The standard InChI is InChI=1S/C11H18N5O12P3/c1-12-10-9-11(14-4-13-10)16(5-15-9)8-2-6(17)7(26-8)3-25-30(21,22)28-31(23,24)27-29(18,19)20/h4-8,17H,2-3H2,1H3,(H,21,22)(H,23,24)(H,12,13,14)(H2,18,19,20)/t6?,7-,8-/m1/s1. The largest absolute Gasteiger partial charge is 0.490 e. The van der Waals surface area contributed by atoms with Gasteiger partial charge in [0.05, 0.1) is 19.0 Å². The van der Waals surface area contributed by atoms with Gasteiger partial charge in [-0.25, -0.2) is 28.6 Å². The quantitative estimate of drug-likeness (QED) is 0.243. The lowest BCUT2D eigenvalue weighted by Crippen LogP contribution is -2.26. The van der Waals surface area contributed by atoms with E-state index in [1.165, 1.54) is 17.2 Å². The summed E-state index contributed by atoms with van der Waals surface area (Å²) >= 11 is 0. The van der Waals surface area contributed by atoms with Crippen molar-refractivity contribution < 1.29 is 56.3 Å². The number of phosphoric ester groups is 1. The molecule has 0 radical (unpaired) electrons. The molecule has 31 heavy (non-hydrogen) atoms. The fraction of sp³-hybridized carbons (Fsp3) is 0.545. The number of ether oxygens (including phenoxy) is 1. The van der Waals surface area contributed by atoms with Gasteiger partial charge in [0.25, 0.3) is 0 Å². The summed E-state index contributed by atoms with van der Waals surface area (Å²) in [4.78, 5) is 48.0. The molecule has 0 saturated carbocycles. The first-order valence-electron chi connectivity index (χ1n) is 8.27. The molecule has 174 valence electrons. The number of rotatable bonds is 9. The molecule has 0 amide bonds. The van der Waals surface area contributed by atoms with Gasteiger partial charge in [0, 0.05) is 13.5 Å². The van der Waals surface area contributed by atoms with Gasteiger partial charge < -0.3 is 34.7 Å². The van der Waals surface area contributed by atoms with Crippen LogP contribution in [0.1, 0.15) is 12.6 Å². The van der Waals surface area contributed by atoms with Crippen molar-refractivity contribution in [1.82, 2.24) is 19.5 Å². The highest BCUT2D eigenvalue weighted by atomic mass is 31.3. The average molecular weight is 505 g/mol. The molecule has 1 aliphatic heterocycles. The van der Waals surface area contributed by atoms with Gasteiger partial charge in [0.1, 0.15) is 24.2 Å². The zero-order valence-corrected chi connectivity index (χ0v) is 18.2. The Morgan fingerprint density at radius 3 is 2.52 bits per heavy atom. The van der Waals surface area contributed by atoms with Crippen molar-refractivity contribution in [3.63, 3.8) is 0 Å². The second kappa shape index (κ2) is 8.90. The smallest absolute Gasteiger partial charge is 0.390 e. The third kappa shape index (κ3) is 6.14. The van der Waals surface area contributed by atoms with Gasteiger partial charge in [-0.2, -0.15) is 8.62 Å². The molecule has 3 rings (SSSR count). The third-order valence-corrected chi connectivity index (χ3v) is 7.73. The van der Waals surface area contributed by atoms with E-state index in [1.807, 2.05) is 0 Å². The van der Waals surface area contributed by atoms with Gasteiger partial charge in [-0.3, -0.25) is 9.09 Å². The van der Waals surface area contributed by atoms with Crippen molar-refractivity contribution in [3.8, 4) is 0 Å². The fourth-order valence-electron chi connectivity index (χ4n) is 2.75. The monoisotopic (exact) mass is 505 g/mol. The number of anilines is 1. The molecule has 20 heteroatoms. The SMILES string of the molecule is CNc1ncnc2c1ncn2[C@H]1CC(O)[C@@H](COP(=O)(O)OP(=O)(O)OP(=O)(O)O)O1. The van der Waals surface area contributed by atoms with Crippen LogP contribution in [-0.2, 0) is 31.6 Å². The van der Waals surface area contributed by atoms with E-state index in [2.05, 4.69) is 33.4 Å². The lowest BCUT2D eigenvalue weighted by molar-refractivity contribution is -0.0423. The van der Waals surface area contributed by atoms with Crippen LogP contribution in [-0.4, -0.2) is 70.1 Å². The summed E-state index contributed by atoms with van der Waals surface area (Å²) in [6.45, 7) is -0.773. The Labute approximate surface area is 173 Å². The van der Waals surface area contributed by atoms with Crippen LogP contribution in [0.25, 0.3) is 11.2 Å². The Bertz CT molecular complexity index is 1090. The minimum Gasteiger partial charge on any atom is -0.390 e. The Morgan fingerprint density at radius 1 is 1.16 bits per heavy atom. The first-order valence-corrected chi connectivity index (χ1v) is 12.8. The molecule has 2 aromatic heterocycles. The molecule has 0 aliphatic carbocycles. The van der Waals surface area contributed by atoms with E-state index in [1.54, 1.807) is 7.05 Å². The molecule has 2 aromatic rings. The molecular weight excluding hydrogens is 487 g/mol. The molecular formula is C11H18N5O12P3. The maximum atomic E-state index is 11.8. The first kappa shape index (κ1) is 24.3. The van der Waals surface area contributed by atoms with E-state index >= 15 is 0 Å². The highest BCUT2D eigenvalue weighted by molar-refractivity contribution is 7.66. The summed E-state index contributed by atoms with van der Waals surface area (Å²) in [6.07, 6.45) is -0.408. The Balaban J connectivity index is 1.65. The molecule has 0 aromatic carbocycles. The van der Waals surface area contributed by atoms with Gasteiger partial charge in [-0.1, -0.05) is 0 Å². The highest BCUT2D eigenvalue weighted by Gasteiger charge is 2.43. The van der Waals surface area contributed by atoms with Crippen molar-refractivity contribution in [2.75, 3.05) is 19.0 Å². The Hall–Kier alpha value is -1.32. The number of nitrogens with zero attached hydrogens (tertiary/aromatic N) is 4. The lowest BCUT2D eigenvalue weighted by atomic mass is 10.2. The number of aliphatic hydroxyl groups excluding tert-OH is 1. The van der Waals surface area contributed by atoms with Crippen molar-refractivity contribution in [3.05, 3.63) is 12.7 Å².